The van der Waals surface area contributed by atoms with Crippen LogP contribution in [0.5, 0.6) is 0 Å². The maximum Gasteiger partial charge on any atom is 0.227 e. The molecule has 0 aromatic carbocycles. The Bertz CT molecular complexity index is 482. The smallest absolute Gasteiger partial charge is 0.227 e. The summed E-state index contributed by atoms with van der Waals surface area (Å²) >= 11 is 0. The summed E-state index contributed by atoms with van der Waals surface area (Å²) < 4.78 is 0. The van der Waals surface area contributed by atoms with Gasteiger partial charge in [0.05, 0.1) is 18.4 Å². The van der Waals surface area contributed by atoms with Crippen LogP contribution in [0.2, 0.25) is 0 Å². The molecule has 0 saturated heterocycles. The Kier molecular flexibility index (Phi) is 5.08. The summed E-state index contributed by atoms with van der Waals surface area (Å²) in [5.41, 5.74) is 6.99. The largest absolute Gasteiger partial charge is 0.337 e. The Morgan fingerprint density at radius 3 is 3.00 bits per heavy atom. The molecule has 106 valence electrons. The monoisotopic (exact) mass is 272 g/mol. The van der Waals surface area contributed by atoms with Crippen molar-refractivity contribution in [2.24, 2.45) is 11.7 Å². The highest BCUT2D eigenvalue weighted by molar-refractivity contribution is 5.80. The number of nitrogens with zero attached hydrogens (tertiary/aromatic N) is 3. The Labute approximate surface area is 119 Å². The highest BCUT2D eigenvalue weighted by atomic mass is 16.2. The number of amides is 1. The molecule has 5 heteroatoms. The van der Waals surface area contributed by atoms with Crippen molar-refractivity contribution in [2.45, 2.75) is 38.3 Å². The summed E-state index contributed by atoms with van der Waals surface area (Å²) in [6.07, 6.45) is 6.58. The summed E-state index contributed by atoms with van der Waals surface area (Å²) in [6, 6.07) is 5.85. The van der Waals surface area contributed by atoms with Crippen molar-refractivity contribution in [3.63, 3.8) is 0 Å². The second kappa shape index (κ2) is 7.01. The lowest BCUT2D eigenvalue weighted by atomic mass is 10.0. The van der Waals surface area contributed by atoms with Crippen molar-refractivity contribution in [2.75, 3.05) is 6.54 Å². The molecule has 20 heavy (non-hydrogen) atoms. The van der Waals surface area contributed by atoms with E-state index in [1.54, 1.807) is 17.3 Å². The Morgan fingerprint density at radius 1 is 1.55 bits per heavy atom. The minimum absolute atomic E-state index is 0.0408. The average molecular weight is 272 g/mol. The van der Waals surface area contributed by atoms with Crippen LogP contribution in [0.1, 0.15) is 31.2 Å². The zero-order chi connectivity index (χ0) is 14.4. The van der Waals surface area contributed by atoms with Crippen LogP contribution >= 0.6 is 0 Å². The van der Waals surface area contributed by atoms with Crippen molar-refractivity contribution in [3.8, 4) is 6.07 Å². The van der Waals surface area contributed by atoms with Crippen LogP contribution in [0.3, 0.4) is 0 Å². The van der Waals surface area contributed by atoms with Gasteiger partial charge in [-0.25, -0.2) is 0 Å². The maximum atomic E-state index is 12.6. The van der Waals surface area contributed by atoms with Gasteiger partial charge in [-0.3, -0.25) is 9.78 Å². The van der Waals surface area contributed by atoms with Crippen molar-refractivity contribution in [1.82, 2.24) is 9.88 Å². The first kappa shape index (κ1) is 14.5. The van der Waals surface area contributed by atoms with Gasteiger partial charge >= 0.3 is 0 Å². The Hall–Kier alpha value is -1.93. The van der Waals surface area contributed by atoms with Gasteiger partial charge in [0.2, 0.25) is 5.91 Å². The minimum Gasteiger partial charge on any atom is -0.337 e. The van der Waals surface area contributed by atoms with Crippen LogP contribution in [0.15, 0.2) is 24.5 Å². The molecule has 0 bridgehead atoms. The van der Waals surface area contributed by atoms with E-state index in [4.69, 9.17) is 11.0 Å². The second-order valence-corrected chi connectivity index (χ2v) is 5.23. The van der Waals surface area contributed by atoms with Crippen molar-refractivity contribution in [3.05, 3.63) is 30.1 Å². The van der Waals surface area contributed by atoms with E-state index in [0.29, 0.717) is 19.5 Å². The maximum absolute atomic E-state index is 12.6. The van der Waals surface area contributed by atoms with E-state index in [1.807, 2.05) is 12.1 Å². The van der Waals surface area contributed by atoms with Gasteiger partial charge in [-0.1, -0.05) is 12.5 Å². The summed E-state index contributed by atoms with van der Waals surface area (Å²) in [4.78, 5) is 18.4. The van der Waals surface area contributed by atoms with Gasteiger partial charge < -0.3 is 10.6 Å². The predicted octanol–water partition coefficient (Wildman–Crippen LogP) is 1.45. The van der Waals surface area contributed by atoms with Crippen LogP contribution in [0, 0.1) is 17.2 Å². The molecule has 2 atom stereocenters. The lowest BCUT2D eigenvalue weighted by Gasteiger charge is -2.26. The lowest BCUT2D eigenvalue weighted by Crippen LogP contribution is -2.41. The zero-order valence-corrected chi connectivity index (χ0v) is 11.5. The molecule has 2 rings (SSSR count). The van der Waals surface area contributed by atoms with Crippen molar-refractivity contribution in [1.29, 1.82) is 5.26 Å². The molecule has 1 aliphatic rings. The van der Waals surface area contributed by atoms with Crippen LogP contribution in [0.25, 0.3) is 0 Å². The van der Waals surface area contributed by atoms with Crippen molar-refractivity contribution < 1.29 is 4.79 Å². The number of nitriles is 1. The molecule has 0 radical (unpaired) electrons. The van der Waals surface area contributed by atoms with Gasteiger partial charge in [0.1, 0.15) is 0 Å². The van der Waals surface area contributed by atoms with E-state index in [1.165, 1.54) is 0 Å². The molecular weight excluding hydrogens is 252 g/mol. The van der Waals surface area contributed by atoms with Gasteiger partial charge in [-0.05, 0) is 24.5 Å². The number of rotatable bonds is 5. The topological polar surface area (TPSA) is 83.0 Å². The molecule has 5 nitrogen and oxygen atoms in total. The summed E-state index contributed by atoms with van der Waals surface area (Å²) in [5, 5.41) is 8.76. The fourth-order valence-corrected chi connectivity index (χ4v) is 2.69. The predicted molar refractivity (Wildman–Crippen MR) is 75.2 cm³/mol. The number of carbonyl (C=O) groups excluding carboxylic acids is 1. The summed E-state index contributed by atoms with van der Waals surface area (Å²) in [7, 11) is 0. The number of carbonyl (C=O) groups is 1. The molecule has 1 heterocycles. The van der Waals surface area contributed by atoms with Gasteiger partial charge in [0, 0.05) is 31.5 Å². The third-order valence-corrected chi connectivity index (χ3v) is 3.79. The van der Waals surface area contributed by atoms with Crippen LogP contribution in [0.4, 0.5) is 0 Å². The van der Waals surface area contributed by atoms with E-state index >= 15 is 0 Å². The molecule has 1 aromatic rings. The normalized spacial score (nSPS) is 21.4. The number of hydrogen-bond acceptors (Lipinski definition) is 4. The molecule has 2 unspecified atom stereocenters. The molecular formula is C15H20N4O. The zero-order valence-electron chi connectivity index (χ0n) is 11.5. The quantitative estimate of drug-likeness (QED) is 0.879. The number of nitrogens with two attached hydrogens (primary N) is 1. The SMILES string of the molecule is N#CCCN(Cc1cccnc1)C(=O)C1CCCC1N. The Morgan fingerprint density at radius 2 is 2.40 bits per heavy atom. The van der Waals surface area contributed by atoms with Crippen molar-refractivity contribution >= 4 is 5.91 Å². The number of aromatic nitrogens is 1. The lowest BCUT2D eigenvalue weighted by molar-refractivity contribution is -0.136. The Balaban J connectivity index is 2.06. The third-order valence-electron chi connectivity index (χ3n) is 3.79. The van der Waals surface area contributed by atoms with E-state index in [9.17, 15) is 4.79 Å². The number of pyridine rings is 1. The van der Waals surface area contributed by atoms with Crippen LogP contribution < -0.4 is 5.73 Å². The van der Waals surface area contributed by atoms with Gasteiger partial charge in [-0.2, -0.15) is 5.26 Å². The second-order valence-electron chi connectivity index (χ2n) is 5.23. The molecule has 1 aliphatic carbocycles. The molecule has 1 amide bonds. The van der Waals surface area contributed by atoms with Crippen LogP contribution in [-0.2, 0) is 11.3 Å². The molecule has 2 N–H and O–H groups in total. The summed E-state index contributed by atoms with van der Waals surface area (Å²) in [5.74, 6) is -0.0144. The first-order chi connectivity index (χ1) is 9.72. The molecule has 1 fully saturated rings. The third kappa shape index (κ3) is 3.55. The highest BCUT2D eigenvalue weighted by Crippen LogP contribution is 2.26. The highest BCUT2D eigenvalue weighted by Gasteiger charge is 2.33. The molecule has 1 aromatic heterocycles. The molecule has 0 aliphatic heterocycles. The fourth-order valence-electron chi connectivity index (χ4n) is 2.69. The van der Waals surface area contributed by atoms with E-state index < -0.39 is 0 Å². The van der Waals surface area contributed by atoms with Gasteiger partial charge in [-0.15, -0.1) is 0 Å². The standard InChI is InChI=1S/C15H20N4O/c16-7-3-9-19(11-12-4-2-8-18-10-12)15(20)13-5-1-6-14(13)17/h2,4,8,10,13-14H,1,3,5-6,9,11,17H2. The molecule has 0 spiro atoms. The molecule has 1 saturated carbocycles. The van der Waals surface area contributed by atoms with Gasteiger partial charge in [0.15, 0.2) is 0 Å². The van der Waals surface area contributed by atoms with E-state index in [0.717, 1.165) is 24.8 Å². The minimum atomic E-state index is -0.0923. The fraction of sp³-hybridized carbons (Fsp3) is 0.533. The van der Waals surface area contributed by atoms with Crippen LogP contribution in [-0.4, -0.2) is 28.4 Å². The average Bonchev–Trinajstić information content (AvgIpc) is 2.90. The summed E-state index contributed by atoms with van der Waals surface area (Å²) in [6.45, 7) is 0.949. The van der Waals surface area contributed by atoms with E-state index in [-0.39, 0.29) is 17.9 Å². The first-order valence-corrected chi connectivity index (χ1v) is 7.02. The number of hydrogen-bond donors (Lipinski definition) is 1. The van der Waals surface area contributed by atoms with E-state index in [2.05, 4.69) is 11.1 Å². The van der Waals surface area contributed by atoms with Gasteiger partial charge in [0.25, 0.3) is 0 Å². The first-order valence-electron chi connectivity index (χ1n) is 7.02.